The van der Waals surface area contributed by atoms with Gasteiger partial charge in [-0.2, -0.15) is 0 Å². The summed E-state index contributed by atoms with van der Waals surface area (Å²) in [7, 11) is 1.54. The van der Waals surface area contributed by atoms with Gasteiger partial charge in [0, 0.05) is 31.6 Å². The Hall–Kier alpha value is -1.47. The number of benzene rings is 1. The molecular weight excluding hydrogens is 316 g/mol. The fraction of sp³-hybridized carbons (Fsp3) is 0.417. The van der Waals surface area contributed by atoms with E-state index in [2.05, 4.69) is 15.9 Å². The Bertz CT molecular complexity index is 453. The lowest BCUT2D eigenvalue weighted by Gasteiger charge is -2.21. The van der Waals surface area contributed by atoms with E-state index in [1.165, 1.54) is 17.0 Å². The molecule has 0 fully saturated rings. The van der Waals surface area contributed by atoms with E-state index in [0.717, 1.165) is 0 Å². The van der Waals surface area contributed by atoms with Crippen LogP contribution in [0.5, 0.6) is 0 Å². The van der Waals surface area contributed by atoms with Gasteiger partial charge < -0.3 is 9.64 Å². The third kappa shape index (κ3) is 4.29. The highest BCUT2D eigenvalue weighted by Crippen LogP contribution is 2.19. The van der Waals surface area contributed by atoms with Crippen LogP contribution in [0.4, 0.5) is 5.69 Å². The van der Waals surface area contributed by atoms with Gasteiger partial charge in [-0.1, -0.05) is 28.1 Å². The molecule has 19 heavy (non-hydrogen) atoms. The molecule has 1 amide bonds. The SMILES string of the molecule is COCCN(CCBr)C(=O)c1ccccc1[N+](=O)[O-]. The second-order valence-corrected chi connectivity index (χ2v) is 4.54. The molecule has 0 unspecified atom stereocenters. The highest BCUT2D eigenvalue weighted by molar-refractivity contribution is 9.09. The van der Waals surface area contributed by atoms with Crippen molar-refractivity contribution >= 4 is 27.5 Å². The fourth-order valence-electron chi connectivity index (χ4n) is 1.60. The standard InChI is InChI=1S/C12H15BrN2O4/c1-19-9-8-14(7-6-13)12(16)10-4-2-3-5-11(10)15(17)18/h2-5H,6-9H2,1H3. The van der Waals surface area contributed by atoms with E-state index in [0.29, 0.717) is 25.0 Å². The third-order valence-electron chi connectivity index (χ3n) is 2.54. The Kier molecular flexibility index (Phi) is 6.44. The number of rotatable bonds is 7. The summed E-state index contributed by atoms with van der Waals surface area (Å²) in [5.41, 5.74) is -0.0750. The number of carbonyl (C=O) groups excluding carboxylic acids is 1. The van der Waals surface area contributed by atoms with Crippen LogP contribution in [0.25, 0.3) is 0 Å². The zero-order valence-electron chi connectivity index (χ0n) is 10.5. The number of ether oxygens (including phenoxy) is 1. The molecule has 0 saturated carbocycles. The predicted octanol–water partition coefficient (Wildman–Crippen LogP) is 2.08. The largest absolute Gasteiger partial charge is 0.383 e. The van der Waals surface area contributed by atoms with Gasteiger partial charge in [0.1, 0.15) is 5.56 Å². The summed E-state index contributed by atoms with van der Waals surface area (Å²) in [6.45, 7) is 1.25. The summed E-state index contributed by atoms with van der Waals surface area (Å²) in [6.07, 6.45) is 0. The number of hydrogen-bond donors (Lipinski definition) is 0. The van der Waals surface area contributed by atoms with Crippen molar-refractivity contribution in [3.63, 3.8) is 0 Å². The maximum Gasteiger partial charge on any atom is 0.282 e. The van der Waals surface area contributed by atoms with Crippen molar-refractivity contribution in [2.75, 3.05) is 32.1 Å². The molecule has 7 heteroatoms. The van der Waals surface area contributed by atoms with Gasteiger partial charge in [0.25, 0.3) is 11.6 Å². The van der Waals surface area contributed by atoms with Crippen LogP contribution in [0.3, 0.4) is 0 Å². The molecule has 1 aromatic rings. The zero-order chi connectivity index (χ0) is 14.3. The third-order valence-corrected chi connectivity index (χ3v) is 2.89. The van der Waals surface area contributed by atoms with Crippen LogP contribution in [-0.2, 0) is 4.74 Å². The number of halogens is 1. The Balaban J connectivity index is 2.98. The van der Waals surface area contributed by atoms with Gasteiger partial charge in [0.15, 0.2) is 0 Å². The lowest BCUT2D eigenvalue weighted by atomic mass is 10.1. The minimum atomic E-state index is -0.546. The summed E-state index contributed by atoms with van der Waals surface area (Å²) >= 11 is 3.26. The zero-order valence-corrected chi connectivity index (χ0v) is 12.1. The van der Waals surface area contributed by atoms with Gasteiger partial charge in [0.05, 0.1) is 11.5 Å². The maximum absolute atomic E-state index is 12.3. The van der Waals surface area contributed by atoms with E-state index in [9.17, 15) is 14.9 Å². The molecule has 0 heterocycles. The quantitative estimate of drug-likeness (QED) is 0.436. The molecule has 1 aromatic carbocycles. The Labute approximate surface area is 119 Å². The van der Waals surface area contributed by atoms with Gasteiger partial charge in [-0.25, -0.2) is 0 Å². The summed E-state index contributed by atoms with van der Waals surface area (Å²) in [6, 6.07) is 5.95. The fourth-order valence-corrected chi connectivity index (χ4v) is 2.03. The number of nitro benzene ring substituents is 1. The highest BCUT2D eigenvalue weighted by atomic mass is 79.9. The molecule has 0 aliphatic heterocycles. The van der Waals surface area contributed by atoms with Crippen LogP contribution in [0.15, 0.2) is 24.3 Å². The summed E-state index contributed by atoms with van der Waals surface area (Å²) in [5.74, 6) is -0.358. The van der Waals surface area contributed by atoms with E-state index in [4.69, 9.17) is 4.74 Å². The minimum absolute atomic E-state index is 0.101. The van der Waals surface area contributed by atoms with E-state index >= 15 is 0 Å². The topological polar surface area (TPSA) is 72.7 Å². The van der Waals surface area contributed by atoms with Gasteiger partial charge >= 0.3 is 0 Å². The van der Waals surface area contributed by atoms with E-state index < -0.39 is 4.92 Å². The number of methoxy groups -OCH3 is 1. The molecule has 0 spiro atoms. The first-order chi connectivity index (χ1) is 9.11. The molecular formula is C12H15BrN2O4. The number of nitro groups is 1. The van der Waals surface area contributed by atoms with Gasteiger partial charge in [-0.05, 0) is 6.07 Å². The van der Waals surface area contributed by atoms with Crippen molar-refractivity contribution < 1.29 is 14.5 Å². The first-order valence-electron chi connectivity index (χ1n) is 5.69. The molecule has 0 bridgehead atoms. The molecule has 0 saturated heterocycles. The monoisotopic (exact) mass is 330 g/mol. The van der Waals surface area contributed by atoms with Crippen molar-refractivity contribution in [2.24, 2.45) is 0 Å². The molecule has 1 rings (SSSR count). The van der Waals surface area contributed by atoms with Crippen molar-refractivity contribution in [1.29, 1.82) is 0 Å². The molecule has 0 atom stereocenters. The van der Waals surface area contributed by atoms with Crippen LogP contribution >= 0.6 is 15.9 Å². The highest BCUT2D eigenvalue weighted by Gasteiger charge is 2.23. The minimum Gasteiger partial charge on any atom is -0.383 e. The lowest BCUT2D eigenvalue weighted by Crippen LogP contribution is -2.35. The van der Waals surface area contributed by atoms with Crippen LogP contribution in [0, 0.1) is 10.1 Å². The molecule has 104 valence electrons. The molecule has 0 aliphatic rings. The van der Waals surface area contributed by atoms with Crippen LogP contribution in [0.1, 0.15) is 10.4 Å². The molecule has 0 aromatic heterocycles. The summed E-state index contributed by atoms with van der Waals surface area (Å²) in [4.78, 5) is 24.2. The van der Waals surface area contributed by atoms with Crippen molar-refractivity contribution in [1.82, 2.24) is 4.90 Å². The maximum atomic E-state index is 12.3. The molecule has 0 N–H and O–H groups in total. The smallest absolute Gasteiger partial charge is 0.282 e. The molecule has 6 nitrogen and oxygen atoms in total. The van der Waals surface area contributed by atoms with Crippen molar-refractivity contribution in [2.45, 2.75) is 0 Å². The van der Waals surface area contributed by atoms with Crippen LogP contribution in [0.2, 0.25) is 0 Å². The Morgan fingerprint density at radius 1 is 1.42 bits per heavy atom. The van der Waals surface area contributed by atoms with Gasteiger partial charge in [-0.15, -0.1) is 0 Å². The number of alkyl halides is 1. The van der Waals surface area contributed by atoms with Crippen molar-refractivity contribution in [3.05, 3.63) is 39.9 Å². The van der Waals surface area contributed by atoms with Gasteiger partial charge in [-0.3, -0.25) is 14.9 Å². The lowest BCUT2D eigenvalue weighted by molar-refractivity contribution is -0.385. The number of hydrogen-bond acceptors (Lipinski definition) is 4. The predicted molar refractivity (Wildman–Crippen MR) is 74.7 cm³/mol. The first kappa shape index (κ1) is 15.6. The Morgan fingerprint density at radius 3 is 2.68 bits per heavy atom. The Morgan fingerprint density at radius 2 is 2.11 bits per heavy atom. The summed E-state index contributed by atoms with van der Waals surface area (Å²) in [5, 5.41) is 11.5. The number of amides is 1. The van der Waals surface area contributed by atoms with Crippen LogP contribution < -0.4 is 0 Å². The molecule has 0 aliphatic carbocycles. The van der Waals surface area contributed by atoms with E-state index in [1.54, 1.807) is 19.2 Å². The first-order valence-corrected chi connectivity index (χ1v) is 6.81. The average Bonchev–Trinajstić information content (AvgIpc) is 2.42. The summed E-state index contributed by atoms with van der Waals surface area (Å²) < 4.78 is 4.94. The molecule has 0 radical (unpaired) electrons. The van der Waals surface area contributed by atoms with Gasteiger partial charge in [0.2, 0.25) is 0 Å². The second kappa shape index (κ2) is 7.85. The number of carbonyl (C=O) groups is 1. The van der Waals surface area contributed by atoms with E-state index in [-0.39, 0.29) is 17.2 Å². The van der Waals surface area contributed by atoms with E-state index in [1.807, 2.05) is 0 Å². The second-order valence-electron chi connectivity index (χ2n) is 3.75. The average molecular weight is 331 g/mol. The number of nitrogens with zero attached hydrogens (tertiary/aromatic N) is 2. The number of para-hydroxylation sites is 1. The van der Waals surface area contributed by atoms with Crippen molar-refractivity contribution in [3.8, 4) is 0 Å². The van der Waals surface area contributed by atoms with Crippen LogP contribution in [-0.4, -0.2) is 47.9 Å². The normalized spacial score (nSPS) is 10.2.